The molecule has 0 bridgehead atoms. The predicted octanol–water partition coefficient (Wildman–Crippen LogP) is 3.99. The number of nitrogens with zero attached hydrogens (tertiary/aromatic N) is 3. The van der Waals surface area contributed by atoms with Crippen LogP contribution in [-0.2, 0) is 26.4 Å². The smallest absolute Gasteiger partial charge is 0.322 e. The van der Waals surface area contributed by atoms with Crippen LogP contribution in [0.5, 0.6) is 0 Å². The lowest BCUT2D eigenvalue weighted by molar-refractivity contribution is 0.102. The van der Waals surface area contributed by atoms with Gasteiger partial charge in [0.05, 0.1) is 15.0 Å². The van der Waals surface area contributed by atoms with Gasteiger partial charge < -0.3 is 4.42 Å². The molecule has 0 aliphatic heterocycles. The monoisotopic (exact) mass is 554 g/mol. The first-order valence-corrected chi connectivity index (χ1v) is 14.6. The summed E-state index contributed by atoms with van der Waals surface area (Å²) in [5.41, 5.74) is 1.41. The zero-order valence-corrected chi connectivity index (χ0v) is 22.5. The van der Waals surface area contributed by atoms with Crippen LogP contribution in [0.4, 0.5) is 6.01 Å². The van der Waals surface area contributed by atoms with Crippen LogP contribution in [0.2, 0.25) is 0 Å². The Morgan fingerprint density at radius 3 is 2.24 bits per heavy atom. The topological polar surface area (TPSA) is 140 Å². The van der Waals surface area contributed by atoms with E-state index in [4.69, 9.17) is 4.42 Å². The summed E-state index contributed by atoms with van der Waals surface area (Å²) in [5, 5.41) is 9.57. The second kappa shape index (κ2) is 10.9. The van der Waals surface area contributed by atoms with Gasteiger partial charge in [0.15, 0.2) is 9.84 Å². The maximum Gasteiger partial charge on any atom is 0.322 e. The molecule has 0 spiro atoms. The van der Waals surface area contributed by atoms with Crippen molar-refractivity contribution in [2.24, 2.45) is 0 Å². The molecule has 198 valence electrons. The van der Waals surface area contributed by atoms with Crippen molar-refractivity contribution in [1.29, 1.82) is 0 Å². The number of amides is 1. The quantitative estimate of drug-likeness (QED) is 0.328. The molecular weight excluding hydrogens is 528 g/mol. The van der Waals surface area contributed by atoms with E-state index < -0.39 is 31.0 Å². The van der Waals surface area contributed by atoms with Gasteiger partial charge in [-0.05, 0) is 61.9 Å². The largest absolute Gasteiger partial charge is 0.403 e. The number of hydrogen-bond acceptors (Lipinski definition) is 8. The highest BCUT2D eigenvalue weighted by atomic mass is 32.2. The summed E-state index contributed by atoms with van der Waals surface area (Å²) in [6.07, 6.45) is 0. The summed E-state index contributed by atoms with van der Waals surface area (Å²) in [5.74, 6) is -0.554. The number of aromatic nitrogens is 2. The maximum atomic E-state index is 12.9. The van der Waals surface area contributed by atoms with Crippen molar-refractivity contribution < 1.29 is 26.0 Å². The number of benzene rings is 3. The van der Waals surface area contributed by atoms with Crippen LogP contribution in [0.25, 0.3) is 11.5 Å². The van der Waals surface area contributed by atoms with E-state index >= 15 is 0 Å². The van der Waals surface area contributed by atoms with Crippen molar-refractivity contribution in [3.63, 3.8) is 0 Å². The average Bonchev–Trinajstić information content (AvgIpc) is 3.37. The van der Waals surface area contributed by atoms with E-state index in [2.05, 4.69) is 15.5 Å². The van der Waals surface area contributed by atoms with Gasteiger partial charge in [0.1, 0.15) is 0 Å². The van der Waals surface area contributed by atoms with Crippen LogP contribution in [-0.4, -0.2) is 49.5 Å². The lowest BCUT2D eigenvalue weighted by Gasteiger charge is -2.17. The molecule has 4 aromatic rings. The molecule has 3 aromatic carbocycles. The van der Waals surface area contributed by atoms with E-state index in [0.29, 0.717) is 5.56 Å². The zero-order chi connectivity index (χ0) is 27.5. The third kappa shape index (κ3) is 5.82. The van der Waals surface area contributed by atoms with Crippen LogP contribution in [0.3, 0.4) is 0 Å². The fourth-order valence-electron chi connectivity index (χ4n) is 3.52. The Morgan fingerprint density at radius 2 is 1.58 bits per heavy atom. The first-order valence-electron chi connectivity index (χ1n) is 11.6. The van der Waals surface area contributed by atoms with Gasteiger partial charge in [-0.15, -0.1) is 5.10 Å². The molecule has 1 aromatic heterocycles. The highest BCUT2D eigenvalue weighted by Gasteiger charge is 2.23. The fraction of sp³-hybridized carbons (Fsp3) is 0.192. The van der Waals surface area contributed by atoms with Crippen molar-refractivity contribution in [3.05, 3.63) is 90.0 Å². The van der Waals surface area contributed by atoms with Gasteiger partial charge in [0.25, 0.3) is 5.91 Å². The van der Waals surface area contributed by atoms with Crippen molar-refractivity contribution >= 4 is 31.8 Å². The van der Waals surface area contributed by atoms with E-state index in [-0.39, 0.29) is 33.8 Å². The Hall–Kier alpha value is -3.87. The standard InChI is InChI=1S/C26H26N4O6S2/c1-18(2)37(32,33)23-11-7-10-21(16-23)25-28-29-26(36-25)27-24(31)20-12-14-22(15-13-20)38(34,35)30(3)17-19-8-5-4-6-9-19/h4-16,18H,17H2,1-3H3,(H,27,29,31). The normalized spacial score (nSPS) is 12.1. The molecule has 0 radical (unpaired) electrons. The average molecular weight is 555 g/mol. The van der Waals surface area contributed by atoms with Crippen LogP contribution in [0.15, 0.2) is 93.1 Å². The van der Waals surface area contributed by atoms with Crippen LogP contribution in [0.1, 0.15) is 29.8 Å². The minimum atomic E-state index is -3.77. The minimum Gasteiger partial charge on any atom is -0.403 e. The molecule has 0 saturated carbocycles. The number of carbonyl (C=O) groups excluding carboxylic acids is 1. The van der Waals surface area contributed by atoms with Gasteiger partial charge in [-0.3, -0.25) is 10.1 Å². The van der Waals surface area contributed by atoms with Crippen LogP contribution < -0.4 is 5.32 Å². The third-order valence-electron chi connectivity index (χ3n) is 5.75. The summed E-state index contributed by atoms with van der Waals surface area (Å²) < 4.78 is 57.5. The van der Waals surface area contributed by atoms with Crippen molar-refractivity contribution in [2.75, 3.05) is 12.4 Å². The van der Waals surface area contributed by atoms with Crippen molar-refractivity contribution in [3.8, 4) is 11.5 Å². The number of rotatable bonds is 9. The summed E-state index contributed by atoms with van der Waals surface area (Å²) >= 11 is 0. The lowest BCUT2D eigenvalue weighted by Crippen LogP contribution is -2.26. The van der Waals surface area contributed by atoms with E-state index in [1.54, 1.807) is 26.0 Å². The zero-order valence-electron chi connectivity index (χ0n) is 20.9. The molecular formula is C26H26N4O6S2. The Balaban J connectivity index is 1.45. The Morgan fingerprint density at radius 1 is 0.895 bits per heavy atom. The summed E-state index contributed by atoms with van der Waals surface area (Å²) in [6, 6.07) is 20.6. The van der Waals surface area contributed by atoms with Gasteiger partial charge in [0, 0.05) is 24.7 Å². The van der Waals surface area contributed by atoms with E-state index in [1.165, 1.54) is 47.8 Å². The number of anilines is 1. The van der Waals surface area contributed by atoms with Gasteiger partial charge >= 0.3 is 6.01 Å². The van der Waals surface area contributed by atoms with E-state index in [1.807, 2.05) is 30.3 Å². The molecule has 0 aliphatic rings. The van der Waals surface area contributed by atoms with E-state index in [0.717, 1.165) is 5.56 Å². The molecule has 0 saturated heterocycles. The minimum absolute atomic E-state index is 0.0315. The Bertz CT molecular complexity index is 1650. The van der Waals surface area contributed by atoms with Crippen molar-refractivity contribution in [2.45, 2.75) is 35.4 Å². The van der Waals surface area contributed by atoms with Crippen LogP contribution >= 0.6 is 0 Å². The molecule has 1 amide bonds. The molecule has 12 heteroatoms. The Labute approximate surface area is 221 Å². The summed E-state index contributed by atoms with van der Waals surface area (Å²) in [6.45, 7) is 3.39. The predicted molar refractivity (Wildman–Crippen MR) is 142 cm³/mol. The Kier molecular flexibility index (Phi) is 7.76. The molecule has 0 unspecified atom stereocenters. The molecule has 1 N–H and O–H groups in total. The first-order chi connectivity index (χ1) is 18.0. The molecule has 0 atom stereocenters. The molecule has 10 nitrogen and oxygen atoms in total. The van der Waals surface area contributed by atoms with Gasteiger partial charge in [-0.1, -0.05) is 41.5 Å². The molecule has 0 fully saturated rings. The highest BCUT2D eigenvalue weighted by Crippen LogP contribution is 2.25. The molecule has 4 rings (SSSR count). The summed E-state index contributed by atoms with van der Waals surface area (Å²) in [7, 11) is -5.77. The third-order valence-corrected chi connectivity index (χ3v) is 9.72. The molecule has 38 heavy (non-hydrogen) atoms. The fourth-order valence-corrected chi connectivity index (χ4v) is 5.78. The van der Waals surface area contributed by atoms with Gasteiger partial charge in [-0.2, -0.15) is 4.31 Å². The van der Waals surface area contributed by atoms with Crippen molar-refractivity contribution in [1.82, 2.24) is 14.5 Å². The lowest BCUT2D eigenvalue weighted by atomic mass is 10.2. The first kappa shape index (κ1) is 27.2. The number of hydrogen-bond donors (Lipinski definition) is 1. The number of sulfonamides is 1. The van der Waals surface area contributed by atoms with E-state index in [9.17, 15) is 21.6 Å². The number of nitrogens with one attached hydrogen (secondary N) is 1. The highest BCUT2D eigenvalue weighted by molar-refractivity contribution is 7.92. The molecule has 0 aliphatic carbocycles. The molecule has 1 heterocycles. The number of sulfone groups is 1. The SMILES string of the molecule is CC(C)S(=O)(=O)c1cccc(-c2nnc(NC(=O)c3ccc(S(=O)(=O)N(C)Cc4ccccc4)cc3)o2)c1. The second-order valence-corrected chi connectivity index (χ2v) is 13.3. The maximum absolute atomic E-state index is 12.9. The number of carbonyl (C=O) groups is 1. The van der Waals surface area contributed by atoms with Crippen LogP contribution in [0, 0.1) is 0 Å². The second-order valence-electron chi connectivity index (χ2n) is 8.76. The van der Waals surface area contributed by atoms with Gasteiger partial charge in [-0.25, -0.2) is 16.8 Å². The summed E-state index contributed by atoms with van der Waals surface area (Å²) in [4.78, 5) is 12.8. The van der Waals surface area contributed by atoms with Gasteiger partial charge in [0.2, 0.25) is 15.9 Å².